The molecule has 0 spiro atoms. The van der Waals surface area contributed by atoms with E-state index in [4.69, 9.17) is 7.05 Å². The Morgan fingerprint density at radius 1 is 1.67 bits per heavy atom. The lowest BCUT2D eigenvalue weighted by molar-refractivity contribution is 0.733. The van der Waals surface area contributed by atoms with Crippen LogP contribution in [0.4, 0.5) is 0 Å². The van der Waals surface area contributed by atoms with Crippen molar-refractivity contribution >= 4 is 0 Å². The average Bonchev–Trinajstić information content (AvgIpc) is 1.61. The molecule has 0 bridgehead atoms. The molecule has 0 saturated heterocycles. The summed E-state index contributed by atoms with van der Waals surface area (Å²) in [4.78, 5) is 0. The average molecular weight is 85.1 g/mol. The maximum absolute atomic E-state index is 4.96. The minimum Gasteiger partial charge on any atom is -0.311 e. The van der Waals surface area contributed by atoms with Crippen molar-refractivity contribution in [1.29, 1.82) is 0 Å². The molecule has 0 aromatic rings. The van der Waals surface area contributed by atoms with E-state index < -0.39 is 0 Å². The Kier molecular flexibility index (Phi) is 4.93. The third kappa shape index (κ3) is 3.96. The lowest BCUT2D eigenvalue weighted by Gasteiger charge is -1.89. The third-order valence-electron chi connectivity index (χ3n) is 0.675. The van der Waals surface area contributed by atoms with Crippen LogP contribution in [0.25, 0.3) is 0 Å². The van der Waals surface area contributed by atoms with E-state index in [-0.39, 0.29) is 0 Å². The van der Waals surface area contributed by atoms with Crippen LogP contribution in [0.15, 0.2) is 0 Å². The van der Waals surface area contributed by atoms with Crippen LogP contribution >= 0.6 is 0 Å². The van der Waals surface area contributed by atoms with Crippen LogP contribution in [-0.2, 0) is 0 Å². The maximum atomic E-state index is 4.96. The van der Waals surface area contributed by atoms with Crippen molar-refractivity contribution in [2.75, 3.05) is 6.54 Å². The molecular formula is C5H11N. The van der Waals surface area contributed by atoms with E-state index >= 15 is 0 Å². The molecule has 0 unspecified atom stereocenters. The Bertz CT molecular complexity index is 15.9. The highest BCUT2D eigenvalue weighted by Crippen LogP contribution is 1.79. The summed E-state index contributed by atoms with van der Waals surface area (Å²) < 4.78 is 0. The van der Waals surface area contributed by atoms with Gasteiger partial charge in [0, 0.05) is 7.05 Å². The fourth-order valence-electron chi connectivity index (χ4n) is 0.279. The van der Waals surface area contributed by atoms with Crippen LogP contribution in [0.1, 0.15) is 19.8 Å². The smallest absolute Gasteiger partial charge is 0.0407 e. The Labute approximate surface area is 39.7 Å². The van der Waals surface area contributed by atoms with E-state index in [9.17, 15) is 0 Å². The second kappa shape index (κ2) is 4.96. The van der Waals surface area contributed by atoms with Gasteiger partial charge in [0.15, 0.2) is 0 Å². The van der Waals surface area contributed by atoms with Crippen LogP contribution in [0.2, 0.25) is 0 Å². The number of unbranched alkanes of at least 4 members (excludes halogenated alkanes) is 1. The maximum Gasteiger partial charge on any atom is 0.0407 e. The van der Waals surface area contributed by atoms with E-state index in [1.54, 1.807) is 0 Å². The molecule has 0 fully saturated rings. The molecule has 6 heavy (non-hydrogen) atoms. The summed E-state index contributed by atoms with van der Waals surface area (Å²) in [5, 5.41) is 2.57. The van der Waals surface area contributed by atoms with Gasteiger partial charge in [0.05, 0.1) is 0 Å². The Morgan fingerprint density at radius 2 is 2.33 bits per heavy atom. The van der Waals surface area contributed by atoms with Gasteiger partial charge < -0.3 is 5.32 Å². The Morgan fingerprint density at radius 3 is 2.50 bits per heavy atom. The largest absolute Gasteiger partial charge is 0.311 e. The molecule has 1 heteroatoms. The second-order valence-corrected chi connectivity index (χ2v) is 1.31. The van der Waals surface area contributed by atoms with Crippen LogP contribution in [0, 0.1) is 7.05 Å². The molecule has 0 aliphatic heterocycles. The molecule has 1 N–H and O–H groups in total. The van der Waals surface area contributed by atoms with Crippen molar-refractivity contribution in [1.82, 2.24) is 5.32 Å². The summed E-state index contributed by atoms with van der Waals surface area (Å²) in [5.74, 6) is 0. The Hall–Kier alpha value is -0.0400. The van der Waals surface area contributed by atoms with Crippen molar-refractivity contribution in [3.05, 3.63) is 7.05 Å². The summed E-state index contributed by atoms with van der Waals surface area (Å²) in [5.41, 5.74) is 0. The van der Waals surface area contributed by atoms with Crippen LogP contribution in [0.5, 0.6) is 0 Å². The SMILES string of the molecule is [CH]NCCCC. The molecule has 0 atom stereocenters. The monoisotopic (exact) mass is 85.1 g/mol. The molecule has 0 aromatic carbocycles. The predicted molar refractivity (Wildman–Crippen MR) is 27.2 cm³/mol. The van der Waals surface area contributed by atoms with Gasteiger partial charge >= 0.3 is 0 Å². The highest BCUT2D eigenvalue weighted by Gasteiger charge is 1.73. The van der Waals surface area contributed by atoms with Gasteiger partial charge in [0.25, 0.3) is 0 Å². The van der Waals surface area contributed by atoms with Gasteiger partial charge in [-0.1, -0.05) is 13.3 Å². The van der Waals surface area contributed by atoms with Gasteiger partial charge in [-0.3, -0.25) is 0 Å². The fraction of sp³-hybridized carbons (Fsp3) is 0.800. The lowest BCUT2D eigenvalue weighted by Crippen LogP contribution is -2.02. The fourth-order valence-corrected chi connectivity index (χ4v) is 0.279. The number of nitrogens with one attached hydrogen (secondary N) is 1. The van der Waals surface area contributed by atoms with Crippen LogP contribution in [-0.4, -0.2) is 6.54 Å². The summed E-state index contributed by atoms with van der Waals surface area (Å²) in [6, 6.07) is 0. The quantitative estimate of drug-likeness (QED) is 0.399. The molecule has 0 aliphatic rings. The first-order chi connectivity index (χ1) is 2.91. The molecule has 36 valence electrons. The third-order valence-corrected chi connectivity index (χ3v) is 0.675. The normalized spacial score (nSPS) is 9.00. The van der Waals surface area contributed by atoms with E-state index in [0.717, 1.165) is 6.54 Å². The Balaban J connectivity index is 2.34. The number of hydrogen-bond acceptors (Lipinski definition) is 1. The van der Waals surface area contributed by atoms with Gasteiger partial charge in [-0.15, -0.1) is 0 Å². The summed E-state index contributed by atoms with van der Waals surface area (Å²) in [6.45, 7) is 3.08. The zero-order valence-electron chi connectivity index (χ0n) is 4.20. The molecule has 0 heterocycles. The van der Waals surface area contributed by atoms with Gasteiger partial charge in [-0.2, -0.15) is 0 Å². The zero-order valence-corrected chi connectivity index (χ0v) is 4.20. The van der Waals surface area contributed by atoms with Crippen LogP contribution < -0.4 is 5.32 Å². The van der Waals surface area contributed by atoms with Gasteiger partial charge in [-0.25, -0.2) is 0 Å². The van der Waals surface area contributed by atoms with E-state index in [2.05, 4.69) is 12.2 Å². The lowest BCUT2D eigenvalue weighted by atomic mass is 10.3. The molecule has 0 aliphatic carbocycles. The van der Waals surface area contributed by atoms with Crippen molar-refractivity contribution in [2.45, 2.75) is 19.8 Å². The highest BCUT2D eigenvalue weighted by atomic mass is 14.8. The molecular weight excluding hydrogens is 74.1 g/mol. The predicted octanol–water partition coefficient (Wildman–Crippen LogP) is 1.04. The van der Waals surface area contributed by atoms with Crippen molar-refractivity contribution < 1.29 is 0 Å². The minimum absolute atomic E-state index is 0.941. The van der Waals surface area contributed by atoms with Crippen molar-refractivity contribution in [3.63, 3.8) is 0 Å². The van der Waals surface area contributed by atoms with Crippen molar-refractivity contribution in [2.24, 2.45) is 0 Å². The molecule has 2 radical (unpaired) electrons. The second-order valence-electron chi connectivity index (χ2n) is 1.31. The first-order valence-electron chi connectivity index (χ1n) is 2.35. The minimum atomic E-state index is 0.941. The molecule has 0 saturated carbocycles. The molecule has 0 aromatic heterocycles. The van der Waals surface area contributed by atoms with Gasteiger partial charge in [-0.05, 0) is 13.0 Å². The summed E-state index contributed by atoms with van der Waals surface area (Å²) in [6.07, 6.45) is 2.39. The van der Waals surface area contributed by atoms with Crippen LogP contribution in [0.3, 0.4) is 0 Å². The summed E-state index contributed by atoms with van der Waals surface area (Å²) >= 11 is 0. The van der Waals surface area contributed by atoms with Crippen molar-refractivity contribution in [3.8, 4) is 0 Å². The molecule has 0 rings (SSSR count). The van der Waals surface area contributed by atoms with E-state index in [1.807, 2.05) is 0 Å². The summed E-state index contributed by atoms with van der Waals surface area (Å²) in [7, 11) is 4.96. The zero-order chi connectivity index (χ0) is 4.83. The molecule has 0 amide bonds. The van der Waals surface area contributed by atoms with E-state index in [1.165, 1.54) is 12.8 Å². The highest BCUT2D eigenvalue weighted by molar-refractivity contribution is 4.39. The standard InChI is InChI=1S/C5H11N/c1-3-4-5-6-2/h2,6H,3-5H2,1H3. The van der Waals surface area contributed by atoms with E-state index in [0.29, 0.717) is 0 Å². The first-order valence-corrected chi connectivity index (χ1v) is 2.35. The number of rotatable bonds is 3. The van der Waals surface area contributed by atoms with Gasteiger partial charge in [0.2, 0.25) is 0 Å². The van der Waals surface area contributed by atoms with Gasteiger partial charge in [0.1, 0.15) is 0 Å². The number of hydrogen-bond donors (Lipinski definition) is 1. The topological polar surface area (TPSA) is 12.0 Å². The molecule has 1 nitrogen and oxygen atoms in total. The first kappa shape index (κ1) is 5.96.